The number of epoxide rings is 1. The smallest absolute Gasteiger partial charge is 0.244 e. The second kappa shape index (κ2) is 3.20. The molecule has 0 saturated carbocycles. The van der Waals surface area contributed by atoms with Gasteiger partial charge in [0.05, 0.1) is 19.3 Å². The Morgan fingerprint density at radius 3 is 2.31 bits per heavy atom. The first kappa shape index (κ1) is 9.39. The number of rotatable bonds is 2. The maximum atomic E-state index is 11.7. The summed E-state index contributed by atoms with van der Waals surface area (Å²) in [5.41, 5.74) is -0.606. The number of ether oxygens (including phenoxy) is 2. The summed E-state index contributed by atoms with van der Waals surface area (Å²) in [5, 5.41) is 0. The van der Waals surface area contributed by atoms with Crippen molar-refractivity contribution in [2.24, 2.45) is 0 Å². The van der Waals surface area contributed by atoms with Gasteiger partial charge >= 0.3 is 0 Å². The van der Waals surface area contributed by atoms with Gasteiger partial charge in [0, 0.05) is 13.1 Å². The van der Waals surface area contributed by atoms with E-state index in [1.165, 1.54) is 4.31 Å². The number of hydrogen-bond donors (Lipinski definition) is 0. The van der Waals surface area contributed by atoms with Crippen molar-refractivity contribution in [2.75, 3.05) is 26.3 Å². The minimum absolute atomic E-state index is 0.146. The largest absolute Gasteiger partial charge is 0.379 e. The van der Waals surface area contributed by atoms with Crippen molar-refractivity contribution in [2.45, 2.75) is 18.5 Å². The zero-order valence-corrected chi connectivity index (χ0v) is 8.29. The fourth-order valence-electron chi connectivity index (χ4n) is 1.43. The van der Waals surface area contributed by atoms with Gasteiger partial charge in [0.1, 0.15) is 0 Å². The van der Waals surface area contributed by atoms with E-state index in [0.29, 0.717) is 26.3 Å². The standard InChI is InChI=1S/C7H13NO4S/c1-6-7(12-6)13(9,10)8-2-4-11-5-3-8/h6-7H,2-5H2,1H3/t6-,7-/m0/s1. The minimum atomic E-state index is -3.21. The Morgan fingerprint density at radius 2 is 1.85 bits per heavy atom. The fraction of sp³-hybridized carbons (Fsp3) is 1.00. The average Bonchev–Trinajstić information content (AvgIpc) is 2.85. The van der Waals surface area contributed by atoms with Crippen LogP contribution in [0.25, 0.3) is 0 Å². The third-order valence-electron chi connectivity index (χ3n) is 2.28. The lowest BCUT2D eigenvalue weighted by Crippen LogP contribution is -2.42. The summed E-state index contributed by atoms with van der Waals surface area (Å²) in [6.07, 6.45) is -0.146. The van der Waals surface area contributed by atoms with Crippen molar-refractivity contribution in [3.05, 3.63) is 0 Å². The molecule has 0 aromatic rings. The zero-order valence-electron chi connectivity index (χ0n) is 7.47. The molecule has 0 aromatic carbocycles. The molecular weight excluding hydrogens is 194 g/mol. The van der Waals surface area contributed by atoms with Crippen molar-refractivity contribution in [1.29, 1.82) is 0 Å². The van der Waals surface area contributed by atoms with Crippen LogP contribution in [0.3, 0.4) is 0 Å². The quantitative estimate of drug-likeness (QED) is 0.567. The molecule has 2 rings (SSSR count). The molecule has 5 nitrogen and oxygen atoms in total. The van der Waals surface area contributed by atoms with E-state index in [1.54, 1.807) is 6.92 Å². The molecule has 0 radical (unpaired) electrons. The number of hydrogen-bond acceptors (Lipinski definition) is 4. The summed E-state index contributed by atoms with van der Waals surface area (Å²) < 4.78 is 34.9. The third-order valence-corrected chi connectivity index (χ3v) is 4.45. The van der Waals surface area contributed by atoms with Gasteiger partial charge in [-0.05, 0) is 6.92 Å². The van der Waals surface area contributed by atoms with Gasteiger partial charge in [0.15, 0.2) is 5.44 Å². The Morgan fingerprint density at radius 1 is 1.31 bits per heavy atom. The van der Waals surface area contributed by atoms with Gasteiger partial charge in [-0.25, -0.2) is 8.42 Å². The van der Waals surface area contributed by atoms with E-state index >= 15 is 0 Å². The van der Waals surface area contributed by atoms with E-state index in [2.05, 4.69) is 0 Å². The number of morpholine rings is 1. The maximum absolute atomic E-state index is 11.7. The SMILES string of the molecule is C[C@@H]1O[C@H]1S(=O)(=O)N1CCOCC1. The zero-order chi connectivity index (χ0) is 9.47. The first-order valence-corrected chi connectivity index (χ1v) is 5.85. The molecule has 0 aromatic heterocycles. The van der Waals surface area contributed by atoms with Crippen LogP contribution in [-0.4, -0.2) is 50.6 Å². The lowest BCUT2D eigenvalue weighted by molar-refractivity contribution is 0.0725. The van der Waals surface area contributed by atoms with Crippen molar-refractivity contribution in [3.8, 4) is 0 Å². The third kappa shape index (κ3) is 1.71. The molecule has 2 fully saturated rings. The van der Waals surface area contributed by atoms with Crippen LogP contribution < -0.4 is 0 Å². The Bertz CT molecular complexity index is 283. The topological polar surface area (TPSA) is 59.1 Å². The van der Waals surface area contributed by atoms with Gasteiger partial charge in [-0.1, -0.05) is 0 Å². The predicted octanol–water partition coefficient (Wildman–Crippen LogP) is -0.607. The Kier molecular flexibility index (Phi) is 2.31. The van der Waals surface area contributed by atoms with Crippen molar-refractivity contribution < 1.29 is 17.9 Å². The van der Waals surface area contributed by atoms with E-state index in [0.717, 1.165) is 0 Å². The Balaban J connectivity index is 2.05. The fourth-order valence-corrected chi connectivity index (χ4v) is 3.18. The summed E-state index contributed by atoms with van der Waals surface area (Å²) >= 11 is 0. The highest BCUT2D eigenvalue weighted by molar-refractivity contribution is 7.89. The van der Waals surface area contributed by atoms with Crippen LogP contribution in [0.2, 0.25) is 0 Å². The molecule has 76 valence electrons. The summed E-state index contributed by atoms with van der Waals surface area (Å²) in [6.45, 7) is 3.65. The second-order valence-electron chi connectivity index (χ2n) is 3.27. The molecule has 2 heterocycles. The van der Waals surface area contributed by atoms with Gasteiger partial charge in [-0.3, -0.25) is 0 Å². The van der Waals surface area contributed by atoms with Crippen molar-refractivity contribution in [3.63, 3.8) is 0 Å². The molecule has 0 amide bonds. The van der Waals surface area contributed by atoms with E-state index in [-0.39, 0.29) is 6.10 Å². The predicted molar refractivity (Wildman–Crippen MR) is 45.6 cm³/mol. The minimum Gasteiger partial charge on any atom is -0.379 e. The molecule has 2 aliphatic heterocycles. The molecule has 13 heavy (non-hydrogen) atoms. The van der Waals surface area contributed by atoms with E-state index < -0.39 is 15.5 Å². The van der Waals surface area contributed by atoms with Crippen LogP contribution in [-0.2, 0) is 19.5 Å². The monoisotopic (exact) mass is 207 g/mol. The molecule has 0 spiro atoms. The van der Waals surface area contributed by atoms with Crippen LogP contribution >= 0.6 is 0 Å². The Labute approximate surface area is 77.7 Å². The van der Waals surface area contributed by atoms with Crippen molar-refractivity contribution >= 4 is 10.0 Å². The number of nitrogens with zero attached hydrogens (tertiary/aromatic N) is 1. The van der Waals surface area contributed by atoms with E-state index in [4.69, 9.17) is 9.47 Å². The summed E-state index contributed by atoms with van der Waals surface area (Å²) in [4.78, 5) is 0. The van der Waals surface area contributed by atoms with Gasteiger partial charge in [0.25, 0.3) is 0 Å². The first-order chi connectivity index (χ1) is 6.12. The number of sulfonamides is 1. The van der Waals surface area contributed by atoms with Crippen LogP contribution in [0.5, 0.6) is 0 Å². The van der Waals surface area contributed by atoms with Crippen molar-refractivity contribution in [1.82, 2.24) is 4.31 Å². The van der Waals surface area contributed by atoms with E-state index in [9.17, 15) is 8.42 Å². The lowest BCUT2D eigenvalue weighted by atomic mass is 10.5. The summed E-state index contributed by atoms with van der Waals surface area (Å²) in [5.74, 6) is 0. The molecule has 0 aliphatic carbocycles. The highest BCUT2D eigenvalue weighted by Crippen LogP contribution is 2.29. The Hall–Kier alpha value is -0.170. The molecule has 0 N–H and O–H groups in total. The van der Waals surface area contributed by atoms with Gasteiger partial charge in [-0.15, -0.1) is 0 Å². The van der Waals surface area contributed by atoms with E-state index in [1.807, 2.05) is 0 Å². The second-order valence-corrected chi connectivity index (χ2v) is 5.28. The molecule has 2 aliphatic rings. The van der Waals surface area contributed by atoms with Gasteiger partial charge < -0.3 is 9.47 Å². The van der Waals surface area contributed by atoms with Crippen LogP contribution in [0.15, 0.2) is 0 Å². The average molecular weight is 207 g/mol. The molecule has 0 bridgehead atoms. The van der Waals surface area contributed by atoms with Crippen LogP contribution in [0.4, 0.5) is 0 Å². The van der Waals surface area contributed by atoms with Crippen LogP contribution in [0.1, 0.15) is 6.92 Å². The molecular formula is C7H13NO4S. The van der Waals surface area contributed by atoms with Gasteiger partial charge in [0.2, 0.25) is 10.0 Å². The molecule has 2 atom stereocenters. The van der Waals surface area contributed by atoms with Gasteiger partial charge in [-0.2, -0.15) is 4.31 Å². The highest BCUT2D eigenvalue weighted by atomic mass is 32.2. The highest BCUT2D eigenvalue weighted by Gasteiger charge is 2.49. The summed E-state index contributed by atoms with van der Waals surface area (Å²) in [6, 6.07) is 0. The van der Waals surface area contributed by atoms with Crippen LogP contribution in [0, 0.1) is 0 Å². The first-order valence-electron chi connectivity index (χ1n) is 4.34. The maximum Gasteiger partial charge on any atom is 0.244 e. The normalized spacial score (nSPS) is 36.1. The molecule has 0 unspecified atom stereocenters. The summed E-state index contributed by atoms with van der Waals surface area (Å²) in [7, 11) is -3.21. The molecule has 2 saturated heterocycles. The lowest BCUT2D eigenvalue weighted by Gasteiger charge is -2.25. The molecule has 6 heteroatoms.